The van der Waals surface area contributed by atoms with Crippen molar-refractivity contribution in [2.75, 3.05) is 12.0 Å². The molecule has 1 saturated heterocycles. The number of carbonyl (C=O) groups excluding carboxylic acids is 1. The second-order valence-electron chi connectivity index (χ2n) is 5.30. The molecular formula is C17H16ClNO5. The largest absolute Gasteiger partial charge is 0.497 e. The van der Waals surface area contributed by atoms with Crippen molar-refractivity contribution in [2.24, 2.45) is 0 Å². The summed E-state index contributed by atoms with van der Waals surface area (Å²) in [6.07, 6.45) is -3.98. The lowest BCUT2D eigenvalue weighted by atomic mass is 10.2. The molecular weight excluding hydrogens is 334 g/mol. The van der Waals surface area contributed by atoms with Crippen molar-refractivity contribution in [3.63, 3.8) is 0 Å². The molecule has 0 spiro atoms. The number of hydrogen-bond acceptors (Lipinski definition) is 5. The maximum Gasteiger partial charge on any atom is 0.273 e. The van der Waals surface area contributed by atoms with Gasteiger partial charge in [-0.15, -0.1) is 0 Å². The van der Waals surface area contributed by atoms with Gasteiger partial charge in [0.05, 0.1) is 7.11 Å². The van der Waals surface area contributed by atoms with E-state index < -0.39 is 24.3 Å². The van der Waals surface area contributed by atoms with Gasteiger partial charge in [-0.1, -0.05) is 11.6 Å². The molecule has 2 aromatic rings. The Hall–Kier alpha value is -2.28. The molecule has 126 valence electrons. The fraction of sp³-hybridized carbons (Fsp3) is 0.235. The van der Waals surface area contributed by atoms with Gasteiger partial charge in [0, 0.05) is 10.7 Å². The Morgan fingerprint density at radius 2 is 1.58 bits per heavy atom. The predicted molar refractivity (Wildman–Crippen MR) is 88.4 cm³/mol. The summed E-state index contributed by atoms with van der Waals surface area (Å²) in [6, 6.07) is 13.0. The molecule has 0 radical (unpaired) electrons. The Kier molecular flexibility index (Phi) is 4.62. The van der Waals surface area contributed by atoms with E-state index in [1.165, 1.54) is 7.11 Å². The predicted octanol–water partition coefficient (Wildman–Crippen LogP) is 1.82. The van der Waals surface area contributed by atoms with Crippen LogP contribution in [0.4, 0.5) is 5.69 Å². The van der Waals surface area contributed by atoms with Gasteiger partial charge in [0.15, 0.2) is 6.23 Å². The highest BCUT2D eigenvalue weighted by molar-refractivity contribution is 6.30. The van der Waals surface area contributed by atoms with E-state index in [1.54, 1.807) is 48.5 Å². The van der Waals surface area contributed by atoms with Crippen molar-refractivity contribution < 1.29 is 24.5 Å². The number of carbonyl (C=O) groups is 1. The summed E-state index contributed by atoms with van der Waals surface area (Å²) in [4.78, 5) is 13.7. The summed E-state index contributed by atoms with van der Waals surface area (Å²) in [6.45, 7) is 0. The van der Waals surface area contributed by atoms with Gasteiger partial charge in [0.1, 0.15) is 17.6 Å². The second kappa shape index (κ2) is 6.68. The first-order valence-electron chi connectivity index (χ1n) is 7.27. The molecule has 1 fully saturated rings. The van der Waals surface area contributed by atoms with Crippen LogP contribution in [0.3, 0.4) is 0 Å². The summed E-state index contributed by atoms with van der Waals surface area (Å²) in [5.41, 5.74) is 0.439. The van der Waals surface area contributed by atoms with Crippen LogP contribution in [0.2, 0.25) is 5.02 Å². The van der Waals surface area contributed by atoms with Crippen molar-refractivity contribution in [3.8, 4) is 11.5 Å². The van der Waals surface area contributed by atoms with Crippen LogP contribution in [0.25, 0.3) is 0 Å². The van der Waals surface area contributed by atoms with E-state index in [1.807, 2.05) is 0 Å². The first-order valence-corrected chi connectivity index (χ1v) is 7.64. The van der Waals surface area contributed by atoms with Crippen molar-refractivity contribution in [1.29, 1.82) is 0 Å². The number of methoxy groups -OCH3 is 1. The molecule has 3 rings (SSSR count). The number of nitrogens with zero attached hydrogens (tertiary/aromatic N) is 1. The van der Waals surface area contributed by atoms with Crippen LogP contribution in [0, 0.1) is 0 Å². The maximum atomic E-state index is 12.6. The zero-order valence-corrected chi connectivity index (χ0v) is 13.6. The molecule has 0 bridgehead atoms. The van der Waals surface area contributed by atoms with Crippen molar-refractivity contribution >= 4 is 23.2 Å². The highest BCUT2D eigenvalue weighted by Crippen LogP contribution is 2.30. The van der Waals surface area contributed by atoms with Gasteiger partial charge in [-0.3, -0.25) is 9.69 Å². The molecule has 24 heavy (non-hydrogen) atoms. The summed E-state index contributed by atoms with van der Waals surface area (Å²) < 4.78 is 10.6. The maximum absolute atomic E-state index is 12.6. The van der Waals surface area contributed by atoms with Crippen LogP contribution >= 0.6 is 11.6 Å². The summed E-state index contributed by atoms with van der Waals surface area (Å²) >= 11 is 5.81. The lowest BCUT2D eigenvalue weighted by Gasteiger charge is -2.20. The summed E-state index contributed by atoms with van der Waals surface area (Å²) in [5, 5.41) is 20.9. The molecule has 0 saturated carbocycles. The quantitative estimate of drug-likeness (QED) is 0.880. The lowest BCUT2D eigenvalue weighted by Crippen LogP contribution is -2.36. The Morgan fingerprint density at radius 1 is 1.00 bits per heavy atom. The van der Waals surface area contributed by atoms with Gasteiger partial charge in [-0.25, -0.2) is 0 Å². The van der Waals surface area contributed by atoms with E-state index in [2.05, 4.69) is 0 Å². The summed E-state index contributed by atoms with van der Waals surface area (Å²) in [5.74, 6) is 0.463. The third-order valence-corrected chi connectivity index (χ3v) is 4.04. The van der Waals surface area contributed by atoms with E-state index in [0.29, 0.717) is 22.2 Å². The van der Waals surface area contributed by atoms with Crippen LogP contribution in [-0.2, 0) is 4.79 Å². The van der Waals surface area contributed by atoms with Crippen LogP contribution in [-0.4, -0.2) is 41.7 Å². The minimum atomic E-state index is -1.40. The Morgan fingerprint density at radius 3 is 2.17 bits per heavy atom. The molecule has 0 unspecified atom stereocenters. The number of hydrogen-bond donors (Lipinski definition) is 2. The second-order valence-corrected chi connectivity index (χ2v) is 5.74. The van der Waals surface area contributed by atoms with E-state index in [-0.39, 0.29) is 0 Å². The highest BCUT2D eigenvalue weighted by atomic mass is 35.5. The van der Waals surface area contributed by atoms with Gasteiger partial charge in [-0.2, -0.15) is 0 Å². The number of aliphatic hydroxyl groups is 2. The van der Waals surface area contributed by atoms with Gasteiger partial charge >= 0.3 is 0 Å². The number of aliphatic hydroxyl groups excluding tert-OH is 2. The zero-order valence-electron chi connectivity index (χ0n) is 12.8. The summed E-state index contributed by atoms with van der Waals surface area (Å²) in [7, 11) is 1.53. The van der Waals surface area contributed by atoms with Gasteiger partial charge in [0.2, 0.25) is 6.10 Å². The normalized spacial score (nSPS) is 23.4. The molecule has 1 aliphatic rings. The first kappa shape index (κ1) is 16.6. The van der Waals surface area contributed by atoms with Crippen molar-refractivity contribution in [2.45, 2.75) is 18.4 Å². The SMILES string of the molecule is COc1ccc(N2C(=O)[C@@H](Oc3ccc(Cl)cc3)[C@H](O)[C@H]2O)cc1. The van der Waals surface area contributed by atoms with Crippen LogP contribution < -0.4 is 14.4 Å². The molecule has 7 heteroatoms. The molecule has 1 aliphatic heterocycles. The average Bonchev–Trinajstić information content (AvgIpc) is 2.80. The number of benzene rings is 2. The van der Waals surface area contributed by atoms with E-state index in [4.69, 9.17) is 21.1 Å². The molecule has 0 aromatic heterocycles. The highest BCUT2D eigenvalue weighted by Gasteiger charge is 2.49. The van der Waals surface area contributed by atoms with E-state index >= 15 is 0 Å². The van der Waals surface area contributed by atoms with Crippen molar-refractivity contribution in [3.05, 3.63) is 53.6 Å². The topological polar surface area (TPSA) is 79.2 Å². The fourth-order valence-electron chi connectivity index (χ4n) is 2.53. The number of halogens is 1. The van der Waals surface area contributed by atoms with E-state index in [0.717, 1.165) is 4.90 Å². The smallest absolute Gasteiger partial charge is 0.273 e. The standard InChI is InChI=1S/C17H16ClNO5/c1-23-12-8-4-11(5-9-12)19-16(21)14(20)15(17(19)22)24-13-6-2-10(18)3-7-13/h2-9,14-16,20-21H,1H3/t14-,15-,16+/m0/s1. The Balaban J connectivity index is 1.82. The van der Waals surface area contributed by atoms with Gasteiger partial charge < -0.3 is 19.7 Å². The minimum absolute atomic E-state index is 0.376. The fourth-order valence-corrected chi connectivity index (χ4v) is 2.65. The monoisotopic (exact) mass is 349 g/mol. The lowest BCUT2D eigenvalue weighted by molar-refractivity contribution is -0.125. The number of amides is 1. The number of rotatable bonds is 4. The van der Waals surface area contributed by atoms with E-state index in [9.17, 15) is 15.0 Å². The van der Waals surface area contributed by atoms with Crippen LogP contribution in [0.1, 0.15) is 0 Å². The number of anilines is 1. The molecule has 2 aromatic carbocycles. The molecule has 2 N–H and O–H groups in total. The zero-order chi connectivity index (χ0) is 17.3. The van der Waals surface area contributed by atoms with Crippen molar-refractivity contribution in [1.82, 2.24) is 0 Å². The molecule has 3 atom stereocenters. The molecule has 1 amide bonds. The molecule has 0 aliphatic carbocycles. The third-order valence-electron chi connectivity index (χ3n) is 3.79. The van der Waals surface area contributed by atoms with Crippen LogP contribution in [0.15, 0.2) is 48.5 Å². The van der Waals surface area contributed by atoms with Gasteiger partial charge in [0.25, 0.3) is 5.91 Å². The Bertz CT molecular complexity index is 719. The first-order chi connectivity index (χ1) is 11.5. The molecule has 1 heterocycles. The Labute approximate surface area is 143 Å². The number of ether oxygens (including phenoxy) is 2. The average molecular weight is 350 g/mol. The van der Waals surface area contributed by atoms with Crippen LogP contribution in [0.5, 0.6) is 11.5 Å². The minimum Gasteiger partial charge on any atom is -0.497 e. The van der Waals surface area contributed by atoms with Gasteiger partial charge in [-0.05, 0) is 48.5 Å². The molecule has 6 nitrogen and oxygen atoms in total. The third kappa shape index (κ3) is 3.03.